The van der Waals surface area contributed by atoms with Gasteiger partial charge in [0, 0.05) is 5.56 Å². The van der Waals surface area contributed by atoms with E-state index in [4.69, 9.17) is 16.3 Å². The molecule has 2 heterocycles. The summed E-state index contributed by atoms with van der Waals surface area (Å²) in [6.07, 6.45) is 1.27. The van der Waals surface area contributed by atoms with Crippen molar-refractivity contribution in [3.8, 4) is 17.0 Å². The average molecular weight is 263 g/mol. The monoisotopic (exact) mass is 262 g/mol. The maximum absolute atomic E-state index is 11.2. The van der Waals surface area contributed by atoms with E-state index in [2.05, 4.69) is 20.5 Å². The fourth-order valence-electron chi connectivity index (χ4n) is 1.67. The van der Waals surface area contributed by atoms with E-state index in [0.717, 1.165) is 0 Å². The summed E-state index contributed by atoms with van der Waals surface area (Å²) in [7, 11) is 0. The molecule has 2 aromatic rings. The SMILES string of the molecule is O=C1COc2ccc(-c3nncnc3Cl)cc2N1. The minimum absolute atomic E-state index is 0.0276. The molecular formula is C11H7ClN4O2. The van der Waals surface area contributed by atoms with Crippen molar-refractivity contribution in [3.63, 3.8) is 0 Å². The van der Waals surface area contributed by atoms with Crippen LogP contribution < -0.4 is 10.1 Å². The first-order chi connectivity index (χ1) is 8.74. The van der Waals surface area contributed by atoms with Gasteiger partial charge < -0.3 is 10.1 Å². The molecule has 0 atom stereocenters. The first-order valence-corrected chi connectivity index (χ1v) is 5.52. The number of ether oxygens (including phenoxy) is 1. The molecule has 1 aliphatic heterocycles. The maximum atomic E-state index is 11.2. The molecule has 18 heavy (non-hydrogen) atoms. The van der Waals surface area contributed by atoms with Gasteiger partial charge >= 0.3 is 0 Å². The number of hydrogen-bond donors (Lipinski definition) is 1. The molecular weight excluding hydrogens is 256 g/mol. The smallest absolute Gasteiger partial charge is 0.262 e. The highest BCUT2D eigenvalue weighted by atomic mass is 35.5. The van der Waals surface area contributed by atoms with Crippen molar-refractivity contribution in [2.75, 3.05) is 11.9 Å². The van der Waals surface area contributed by atoms with Gasteiger partial charge in [-0.25, -0.2) is 4.98 Å². The van der Waals surface area contributed by atoms with Crippen molar-refractivity contribution >= 4 is 23.2 Å². The predicted octanol–water partition coefficient (Wildman–Crippen LogP) is 1.52. The Kier molecular flexibility index (Phi) is 2.56. The van der Waals surface area contributed by atoms with Gasteiger partial charge in [0.2, 0.25) is 0 Å². The number of anilines is 1. The lowest BCUT2D eigenvalue weighted by atomic mass is 10.1. The van der Waals surface area contributed by atoms with Crippen LogP contribution in [0.15, 0.2) is 24.5 Å². The van der Waals surface area contributed by atoms with E-state index in [9.17, 15) is 4.79 Å². The van der Waals surface area contributed by atoms with Crippen LogP contribution >= 0.6 is 11.6 Å². The van der Waals surface area contributed by atoms with Gasteiger partial charge in [-0.1, -0.05) is 11.6 Å². The second kappa shape index (κ2) is 4.23. The number of rotatable bonds is 1. The minimum Gasteiger partial charge on any atom is -0.482 e. The van der Waals surface area contributed by atoms with E-state index in [1.54, 1.807) is 18.2 Å². The highest BCUT2D eigenvalue weighted by Gasteiger charge is 2.17. The van der Waals surface area contributed by atoms with Gasteiger partial charge in [0.15, 0.2) is 11.8 Å². The largest absolute Gasteiger partial charge is 0.482 e. The minimum atomic E-state index is -0.192. The lowest BCUT2D eigenvalue weighted by Crippen LogP contribution is -2.25. The molecule has 1 amide bonds. The van der Waals surface area contributed by atoms with Crippen LogP contribution in [0.3, 0.4) is 0 Å². The zero-order valence-electron chi connectivity index (χ0n) is 9.05. The number of carbonyl (C=O) groups is 1. The van der Waals surface area contributed by atoms with Crippen molar-refractivity contribution in [1.82, 2.24) is 15.2 Å². The highest BCUT2D eigenvalue weighted by molar-refractivity contribution is 6.31. The number of halogens is 1. The standard InChI is InChI=1S/C11H7ClN4O2/c12-11-10(16-14-5-13-11)6-1-2-8-7(3-6)15-9(17)4-18-8/h1-3,5H,4H2,(H,15,17). The lowest BCUT2D eigenvalue weighted by Gasteiger charge is -2.18. The molecule has 1 aromatic carbocycles. The molecule has 1 N–H and O–H groups in total. The number of nitrogens with zero attached hydrogens (tertiary/aromatic N) is 3. The molecule has 7 heteroatoms. The second-order valence-electron chi connectivity index (χ2n) is 3.65. The number of aromatic nitrogens is 3. The van der Waals surface area contributed by atoms with Crippen molar-refractivity contribution in [3.05, 3.63) is 29.7 Å². The van der Waals surface area contributed by atoms with Crippen LogP contribution in [-0.4, -0.2) is 27.7 Å². The number of benzene rings is 1. The average Bonchev–Trinajstić information content (AvgIpc) is 2.38. The summed E-state index contributed by atoms with van der Waals surface area (Å²) >= 11 is 5.94. The summed E-state index contributed by atoms with van der Waals surface area (Å²) < 4.78 is 5.26. The zero-order chi connectivity index (χ0) is 12.5. The van der Waals surface area contributed by atoms with Crippen molar-refractivity contribution in [2.45, 2.75) is 0 Å². The van der Waals surface area contributed by atoms with E-state index in [0.29, 0.717) is 22.7 Å². The normalized spacial score (nSPS) is 13.5. The van der Waals surface area contributed by atoms with Crippen molar-refractivity contribution in [2.24, 2.45) is 0 Å². The zero-order valence-corrected chi connectivity index (χ0v) is 9.81. The van der Waals surface area contributed by atoms with Gasteiger partial charge in [0.05, 0.1) is 5.69 Å². The van der Waals surface area contributed by atoms with E-state index >= 15 is 0 Å². The molecule has 1 aliphatic rings. The Morgan fingerprint density at radius 1 is 1.39 bits per heavy atom. The number of fused-ring (bicyclic) bond motifs is 1. The van der Waals surface area contributed by atoms with Crippen LogP contribution in [0.5, 0.6) is 5.75 Å². The van der Waals surface area contributed by atoms with Crippen LogP contribution in [0.4, 0.5) is 5.69 Å². The van der Waals surface area contributed by atoms with Gasteiger partial charge in [-0.15, -0.1) is 10.2 Å². The van der Waals surface area contributed by atoms with Gasteiger partial charge in [0.1, 0.15) is 17.8 Å². The van der Waals surface area contributed by atoms with Crippen LogP contribution in [0.25, 0.3) is 11.3 Å². The summed E-state index contributed by atoms with van der Waals surface area (Å²) in [5, 5.41) is 10.6. The summed E-state index contributed by atoms with van der Waals surface area (Å²) in [5.41, 5.74) is 1.76. The molecule has 0 radical (unpaired) electrons. The topological polar surface area (TPSA) is 77.0 Å². The highest BCUT2D eigenvalue weighted by Crippen LogP contribution is 2.33. The van der Waals surface area contributed by atoms with E-state index in [1.807, 2.05) is 0 Å². The summed E-state index contributed by atoms with van der Waals surface area (Å²) in [4.78, 5) is 15.1. The summed E-state index contributed by atoms with van der Waals surface area (Å²) in [6.45, 7) is 0.0276. The Morgan fingerprint density at radius 3 is 3.11 bits per heavy atom. The Balaban J connectivity index is 2.07. The molecule has 0 fully saturated rings. The Hall–Kier alpha value is -2.21. The van der Waals surface area contributed by atoms with Crippen LogP contribution in [0.2, 0.25) is 5.15 Å². The number of hydrogen-bond acceptors (Lipinski definition) is 5. The molecule has 90 valence electrons. The summed E-state index contributed by atoms with van der Waals surface area (Å²) in [5.74, 6) is 0.425. The van der Waals surface area contributed by atoms with Crippen molar-refractivity contribution in [1.29, 1.82) is 0 Å². The van der Waals surface area contributed by atoms with Crippen LogP contribution in [-0.2, 0) is 4.79 Å². The number of nitrogens with one attached hydrogen (secondary N) is 1. The van der Waals surface area contributed by atoms with E-state index in [-0.39, 0.29) is 17.7 Å². The maximum Gasteiger partial charge on any atom is 0.262 e. The van der Waals surface area contributed by atoms with Gasteiger partial charge in [-0.2, -0.15) is 0 Å². The van der Waals surface area contributed by atoms with Crippen molar-refractivity contribution < 1.29 is 9.53 Å². The summed E-state index contributed by atoms with van der Waals surface area (Å²) in [6, 6.07) is 5.26. The molecule has 0 saturated heterocycles. The van der Waals surface area contributed by atoms with Crippen LogP contribution in [0, 0.1) is 0 Å². The lowest BCUT2D eigenvalue weighted by molar-refractivity contribution is -0.118. The van der Waals surface area contributed by atoms with Gasteiger partial charge in [-0.05, 0) is 18.2 Å². The molecule has 0 spiro atoms. The molecule has 0 saturated carbocycles. The first kappa shape index (κ1) is 10.9. The number of amides is 1. The fraction of sp³-hybridized carbons (Fsp3) is 0.0909. The van der Waals surface area contributed by atoms with E-state index < -0.39 is 0 Å². The fourth-order valence-corrected chi connectivity index (χ4v) is 1.86. The Labute approximate surface area is 107 Å². The quantitative estimate of drug-likeness (QED) is 0.843. The molecule has 6 nitrogen and oxygen atoms in total. The molecule has 0 aliphatic carbocycles. The third-order valence-corrected chi connectivity index (χ3v) is 2.74. The molecule has 0 bridgehead atoms. The van der Waals surface area contributed by atoms with Gasteiger partial charge in [0.25, 0.3) is 5.91 Å². The third kappa shape index (κ3) is 1.86. The first-order valence-electron chi connectivity index (χ1n) is 5.14. The Bertz CT molecular complexity index is 632. The third-order valence-electron chi connectivity index (χ3n) is 2.46. The van der Waals surface area contributed by atoms with Gasteiger partial charge in [-0.3, -0.25) is 4.79 Å². The van der Waals surface area contributed by atoms with Crippen LogP contribution in [0.1, 0.15) is 0 Å². The molecule has 0 unspecified atom stereocenters. The van der Waals surface area contributed by atoms with E-state index in [1.165, 1.54) is 6.33 Å². The predicted molar refractivity (Wildman–Crippen MR) is 64.4 cm³/mol. The number of carbonyl (C=O) groups excluding carboxylic acids is 1. The second-order valence-corrected chi connectivity index (χ2v) is 4.01. The molecule has 3 rings (SSSR count). The Morgan fingerprint density at radius 2 is 2.28 bits per heavy atom. The molecule has 1 aromatic heterocycles.